The summed E-state index contributed by atoms with van der Waals surface area (Å²) in [6.07, 6.45) is 3.14. The van der Waals surface area contributed by atoms with E-state index in [1.807, 2.05) is 72.8 Å². The van der Waals surface area contributed by atoms with Crippen LogP contribution >= 0.6 is 0 Å². The SMILES string of the molecule is COc1ccc(C[C@@H](/C=C/[C@H](Cc2ccc(O)cc2)C(=O)N2C(=O)OC[C@@H]2Cc2ccccc2)C(=O)N2C(=O)OC[C@@H]2Cc2ccccc2)cc1. The van der Waals surface area contributed by atoms with Crippen molar-refractivity contribution in [1.29, 1.82) is 0 Å². The number of benzene rings is 4. The number of amides is 4. The number of imide groups is 2. The number of carbonyl (C=O) groups is 4. The molecule has 2 aliphatic heterocycles. The molecule has 10 nitrogen and oxygen atoms in total. The van der Waals surface area contributed by atoms with Crippen molar-refractivity contribution in [3.63, 3.8) is 0 Å². The second-order valence-electron chi connectivity index (χ2n) is 12.8. The number of cyclic esters (lactones) is 2. The lowest BCUT2D eigenvalue weighted by atomic mass is 9.91. The predicted octanol–water partition coefficient (Wildman–Crippen LogP) is 6.15. The number of phenols is 1. The van der Waals surface area contributed by atoms with Gasteiger partial charge in [0.15, 0.2) is 0 Å². The third-order valence-corrected chi connectivity index (χ3v) is 9.24. The van der Waals surface area contributed by atoms with Gasteiger partial charge in [0.05, 0.1) is 31.0 Å². The molecule has 0 aromatic heterocycles. The first-order chi connectivity index (χ1) is 24.8. The van der Waals surface area contributed by atoms with Crippen LogP contribution in [0.25, 0.3) is 0 Å². The molecule has 51 heavy (non-hydrogen) atoms. The summed E-state index contributed by atoms with van der Waals surface area (Å²) in [6.45, 7) is 0.133. The molecule has 10 heteroatoms. The summed E-state index contributed by atoms with van der Waals surface area (Å²) >= 11 is 0. The van der Waals surface area contributed by atoms with Crippen molar-refractivity contribution in [3.8, 4) is 11.5 Å². The highest BCUT2D eigenvalue weighted by Crippen LogP contribution is 2.27. The van der Waals surface area contributed by atoms with Crippen molar-refractivity contribution in [3.05, 3.63) is 144 Å². The number of carbonyl (C=O) groups excluding carboxylic acids is 4. The monoisotopic (exact) mass is 688 g/mol. The average molecular weight is 689 g/mol. The Labute approximate surface area is 296 Å². The van der Waals surface area contributed by atoms with Gasteiger partial charge in [-0.3, -0.25) is 9.59 Å². The van der Waals surface area contributed by atoms with E-state index in [-0.39, 0.29) is 31.8 Å². The summed E-state index contributed by atoms with van der Waals surface area (Å²) in [5.74, 6) is -1.93. The second kappa shape index (κ2) is 16.2. The average Bonchev–Trinajstić information content (AvgIpc) is 3.70. The van der Waals surface area contributed by atoms with E-state index in [1.54, 1.807) is 43.5 Å². The Morgan fingerprint density at radius 1 is 0.667 bits per heavy atom. The van der Waals surface area contributed by atoms with Crippen LogP contribution in [0.5, 0.6) is 11.5 Å². The first-order valence-corrected chi connectivity index (χ1v) is 17.0. The highest BCUT2D eigenvalue weighted by atomic mass is 16.6. The Bertz CT molecular complexity index is 1840. The van der Waals surface area contributed by atoms with E-state index in [4.69, 9.17) is 14.2 Å². The number of methoxy groups -OCH3 is 1. The summed E-state index contributed by atoms with van der Waals surface area (Å²) in [4.78, 5) is 57.2. The van der Waals surface area contributed by atoms with Crippen LogP contribution in [0.3, 0.4) is 0 Å². The maximum Gasteiger partial charge on any atom is 0.417 e. The molecule has 0 spiro atoms. The fourth-order valence-electron chi connectivity index (χ4n) is 6.54. The second-order valence-corrected chi connectivity index (χ2v) is 12.8. The van der Waals surface area contributed by atoms with E-state index in [9.17, 15) is 24.3 Å². The molecule has 6 rings (SSSR count). The van der Waals surface area contributed by atoms with Gasteiger partial charge in [-0.15, -0.1) is 0 Å². The van der Waals surface area contributed by atoms with Crippen molar-refractivity contribution in [2.75, 3.05) is 20.3 Å². The van der Waals surface area contributed by atoms with Crippen molar-refractivity contribution in [2.45, 2.75) is 37.8 Å². The number of ether oxygens (including phenoxy) is 3. The topological polar surface area (TPSA) is 123 Å². The lowest BCUT2D eigenvalue weighted by Gasteiger charge is -2.25. The summed E-state index contributed by atoms with van der Waals surface area (Å²) < 4.78 is 16.1. The third-order valence-electron chi connectivity index (χ3n) is 9.24. The molecular weight excluding hydrogens is 648 g/mol. The van der Waals surface area contributed by atoms with Crippen LogP contribution in [-0.2, 0) is 44.7 Å². The van der Waals surface area contributed by atoms with Gasteiger partial charge >= 0.3 is 12.2 Å². The number of nitrogens with zero attached hydrogens (tertiary/aromatic N) is 2. The van der Waals surface area contributed by atoms with Gasteiger partial charge in [-0.05, 0) is 72.2 Å². The molecule has 2 aliphatic rings. The summed E-state index contributed by atoms with van der Waals surface area (Å²) in [5, 5.41) is 9.89. The van der Waals surface area contributed by atoms with Gasteiger partial charge in [-0.1, -0.05) is 97.1 Å². The van der Waals surface area contributed by atoms with Gasteiger partial charge in [-0.25, -0.2) is 19.4 Å². The largest absolute Gasteiger partial charge is 0.508 e. The van der Waals surface area contributed by atoms with Gasteiger partial charge in [0.2, 0.25) is 11.8 Å². The number of rotatable bonds is 13. The lowest BCUT2D eigenvalue weighted by molar-refractivity contribution is -0.133. The standard InChI is InChI=1S/C41H40N2O8/c1-49-37-20-14-31(15-21-37)23-33(39(46)43-35(27-51-41(43)48)25-29-10-6-3-7-11-29)17-16-32(22-30-12-18-36(44)19-13-30)38(45)42-34(26-50-40(42)47)24-28-8-4-2-5-9-28/h2-21,32-35,44H,22-27H2,1H3/b17-16+/t32-,33-,34+,35+/m1/s1. The fraction of sp³-hybridized carbons (Fsp3) is 0.268. The molecule has 262 valence electrons. The number of phenolic OH excluding ortho intramolecular Hbond substituents is 1. The zero-order valence-electron chi connectivity index (χ0n) is 28.3. The minimum atomic E-state index is -0.879. The highest BCUT2D eigenvalue weighted by Gasteiger charge is 2.42. The van der Waals surface area contributed by atoms with E-state index in [0.29, 0.717) is 18.6 Å². The van der Waals surface area contributed by atoms with Crippen LogP contribution in [0, 0.1) is 11.8 Å². The normalized spacial score (nSPS) is 18.4. The van der Waals surface area contributed by atoms with E-state index in [0.717, 1.165) is 22.3 Å². The molecule has 0 bridgehead atoms. The Morgan fingerprint density at radius 3 is 1.49 bits per heavy atom. The highest BCUT2D eigenvalue weighted by molar-refractivity contribution is 5.97. The maximum atomic E-state index is 14.4. The fourth-order valence-corrected chi connectivity index (χ4v) is 6.54. The summed E-state index contributed by atoms with van der Waals surface area (Å²) in [6, 6.07) is 31.9. The summed E-state index contributed by atoms with van der Waals surface area (Å²) in [5.41, 5.74) is 3.48. The van der Waals surface area contributed by atoms with Crippen molar-refractivity contribution in [1.82, 2.24) is 9.80 Å². The molecule has 4 amide bonds. The first-order valence-electron chi connectivity index (χ1n) is 17.0. The van der Waals surface area contributed by atoms with Crippen molar-refractivity contribution in [2.24, 2.45) is 11.8 Å². The quantitative estimate of drug-likeness (QED) is 0.166. The Morgan fingerprint density at radius 2 is 1.08 bits per heavy atom. The van der Waals surface area contributed by atoms with Crippen LogP contribution in [0.1, 0.15) is 22.3 Å². The number of hydrogen-bond donors (Lipinski definition) is 1. The molecule has 4 aromatic carbocycles. The van der Waals surface area contributed by atoms with Gasteiger partial charge in [0.1, 0.15) is 24.7 Å². The molecule has 2 heterocycles. The van der Waals surface area contributed by atoms with Crippen LogP contribution in [0.2, 0.25) is 0 Å². The van der Waals surface area contributed by atoms with E-state index < -0.39 is 47.9 Å². The minimum absolute atomic E-state index is 0.0631. The Hall–Kier alpha value is -5.90. The first kappa shape index (κ1) is 34.9. The van der Waals surface area contributed by atoms with Gasteiger partial charge < -0.3 is 19.3 Å². The summed E-state index contributed by atoms with van der Waals surface area (Å²) in [7, 11) is 1.57. The molecule has 4 aromatic rings. The molecule has 1 N–H and O–H groups in total. The Kier molecular flexibility index (Phi) is 11.1. The Balaban J connectivity index is 1.32. The van der Waals surface area contributed by atoms with Crippen LogP contribution in [0.4, 0.5) is 9.59 Å². The molecule has 2 fully saturated rings. The van der Waals surface area contributed by atoms with E-state index in [2.05, 4.69) is 0 Å². The molecule has 4 atom stereocenters. The van der Waals surface area contributed by atoms with Gasteiger partial charge in [0.25, 0.3) is 0 Å². The van der Waals surface area contributed by atoms with Gasteiger partial charge in [0, 0.05) is 0 Å². The van der Waals surface area contributed by atoms with Crippen molar-refractivity contribution >= 4 is 24.0 Å². The molecule has 0 saturated carbocycles. The lowest BCUT2D eigenvalue weighted by Crippen LogP contribution is -2.44. The third kappa shape index (κ3) is 8.64. The smallest absolute Gasteiger partial charge is 0.417 e. The van der Waals surface area contributed by atoms with Gasteiger partial charge in [-0.2, -0.15) is 0 Å². The molecule has 2 saturated heterocycles. The van der Waals surface area contributed by atoms with E-state index in [1.165, 1.54) is 21.9 Å². The van der Waals surface area contributed by atoms with Crippen LogP contribution in [0.15, 0.2) is 121 Å². The van der Waals surface area contributed by atoms with E-state index >= 15 is 0 Å². The minimum Gasteiger partial charge on any atom is -0.508 e. The number of hydrogen-bond acceptors (Lipinski definition) is 8. The maximum absolute atomic E-state index is 14.4. The molecule has 0 unspecified atom stereocenters. The van der Waals surface area contributed by atoms with Crippen LogP contribution in [-0.4, -0.2) is 71.3 Å². The molecular formula is C41H40N2O8. The molecule has 0 aliphatic carbocycles. The van der Waals surface area contributed by atoms with Crippen LogP contribution < -0.4 is 4.74 Å². The number of aromatic hydroxyl groups is 1. The predicted molar refractivity (Wildman–Crippen MR) is 189 cm³/mol. The zero-order valence-corrected chi connectivity index (χ0v) is 28.3. The van der Waals surface area contributed by atoms with Crippen molar-refractivity contribution < 1.29 is 38.5 Å². The zero-order chi connectivity index (χ0) is 35.7. The molecule has 0 radical (unpaired) electrons.